The lowest BCUT2D eigenvalue weighted by atomic mass is 10.1. The van der Waals surface area contributed by atoms with Crippen LogP contribution in [0.1, 0.15) is 20.8 Å². The van der Waals surface area contributed by atoms with Crippen LogP contribution in [-0.4, -0.2) is 16.9 Å². The summed E-state index contributed by atoms with van der Waals surface area (Å²) in [6, 6.07) is 7.04. The summed E-state index contributed by atoms with van der Waals surface area (Å²) in [7, 11) is 0. The third kappa shape index (κ3) is 3.50. The molecule has 6 nitrogen and oxygen atoms in total. The Balaban J connectivity index is 2.06. The van der Waals surface area contributed by atoms with E-state index in [2.05, 4.69) is 10.5 Å². The maximum absolute atomic E-state index is 11.6. The Morgan fingerprint density at radius 1 is 1.30 bits per heavy atom. The Kier molecular flexibility index (Phi) is 3.65. The fourth-order valence-corrected chi connectivity index (χ4v) is 1.59. The molecule has 20 heavy (non-hydrogen) atoms. The molecule has 0 aliphatic rings. The number of ether oxygens (including phenoxy) is 1. The number of hydrogen-bond acceptors (Lipinski definition) is 5. The zero-order chi connectivity index (χ0) is 14.8. The molecule has 0 atom stereocenters. The van der Waals surface area contributed by atoms with Gasteiger partial charge in [-0.1, -0.05) is 5.16 Å². The fraction of sp³-hybridized carbons (Fsp3) is 0.286. The van der Waals surface area contributed by atoms with Crippen molar-refractivity contribution in [3.8, 4) is 11.3 Å². The molecule has 106 valence electrons. The van der Waals surface area contributed by atoms with Gasteiger partial charge in [0.1, 0.15) is 11.3 Å². The Morgan fingerprint density at radius 3 is 2.45 bits per heavy atom. The highest BCUT2D eigenvalue weighted by molar-refractivity contribution is 5.85. The molecule has 0 aliphatic carbocycles. The van der Waals surface area contributed by atoms with E-state index in [0.29, 0.717) is 17.1 Å². The number of anilines is 2. The van der Waals surface area contributed by atoms with Crippen LogP contribution in [0.25, 0.3) is 11.3 Å². The summed E-state index contributed by atoms with van der Waals surface area (Å²) in [6.07, 6.45) is 0.951. The second kappa shape index (κ2) is 5.24. The van der Waals surface area contributed by atoms with E-state index in [-0.39, 0.29) is 0 Å². The number of nitrogens with zero attached hydrogens (tertiary/aromatic N) is 1. The third-order valence-corrected chi connectivity index (χ3v) is 2.39. The standard InChI is InChI=1S/C14H17N3O3/c1-14(2,3)19-13(18)17-10-6-4-9(5-7-10)12-11(15)8-16-20-12/h4-8H,15H2,1-3H3,(H,17,18). The minimum Gasteiger partial charge on any atom is -0.444 e. The summed E-state index contributed by atoms with van der Waals surface area (Å²) in [5.74, 6) is 0.508. The van der Waals surface area contributed by atoms with Crippen LogP contribution < -0.4 is 11.1 Å². The van der Waals surface area contributed by atoms with Gasteiger partial charge in [0.15, 0.2) is 5.76 Å². The molecule has 0 saturated carbocycles. The van der Waals surface area contributed by atoms with Gasteiger partial charge in [-0.3, -0.25) is 5.32 Å². The van der Waals surface area contributed by atoms with Crippen molar-refractivity contribution in [2.75, 3.05) is 11.1 Å². The van der Waals surface area contributed by atoms with Crippen LogP contribution in [0.2, 0.25) is 0 Å². The highest BCUT2D eigenvalue weighted by atomic mass is 16.6. The van der Waals surface area contributed by atoms with Gasteiger partial charge in [-0.05, 0) is 45.0 Å². The number of nitrogen functional groups attached to an aromatic ring is 1. The average molecular weight is 275 g/mol. The van der Waals surface area contributed by atoms with Gasteiger partial charge in [-0.15, -0.1) is 0 Å². The normalized spacial score (nSPS) is 11.2. The molecule has 3 N–H and O–H groups in total. The summed E-state index contributed by atoms with van der Waals surface area (Å²) >= 11 is 0. The first-order valence-corrected chi connectivity index (χ1v) is 6.16. The number of amides is 1. The van der Waals surface area contributed by atoms with Crippen LogP contribution in [0.4, 0.5) is 16.2 Å². The summed E-state index contributed by atoms with van der Waals surface area (Å²) in [5.41, 5.74) is 7.07. The van der Waals surface area contributed by atoms with E-state index in [1.807, 2.05) is 20.8 Å². The molecule has 1 heterocycles. The number of carbonyl (C=O) groups is 1. The monoisotopic (exact) mass is 275 g/mol. The van der Waals surface area contributed by atoms with Crippen molar-refractivity contribution in [3.63, 3.8) is 0 Å². The van der Waals surface area contributed by atoms with Crippen molar-refractivity contribution in [1.29, 1.82) is 0 Å². The predicted molar refractivity (Wildman–Crippen MR) is 76.2 cm³/mol. The van der Waals surface area contributed by atoms with Gasteiger partial charge in [0.05, 0.1) is 6.20 Å². The number of carbonyl (C=O) groups excluding carboxylic acids is 1. The molecule has 0 spiro atoms. The molecule has 1 aromatic heterocycles. The second-order valence-electron chi connectivity index (χ2n) is 5.31. The van der Waals surface area contributed by atoms with Gasteiger partial charge < -0.3 is 15.0 Å². The number of aromatic nitrogens is 1. The van der Waals surface area contributed by atoms with Gasteiger partial charge in [0.2, 0.25) is 0 Å². The Labute approximate surface area is 116 Å². The molecule has 2 aromatic rings. The topological polar surface area (TPSA) is 90.4 Å². The van der Waals surface area contributed by atoms with Gasteiger partial charge in [-0.25, -0.2) is 4.79 Å². The molecule has 0 radical (unpaired) electrons. The molecule has 1 amide bonds. The minimum absolute atomic E-state index is 0.470. The first-order valence-electron chi connectivity index (χ1n) is 6.16. The van der Waals surface area contributed by atoms with Gasteiger partial charge >= 0.3 is 6.09 Å². The van der Waals surface area contributed by atoms with E-state index in [4.69, 9.17) is 15.0 Å². The fourth-order valence-electron chi connectivity index (χ4n) is 1.59. The lowest BCUT2D eigenvalue weighted by Gasteiger charge is -2.19. The number of rotatable bonds is 2. The van der Waals surface area contributed by atoms with E-state index in [1.54, 1.807) is 24.3 Å². The molecule has 1 aromatic carbocycles. The number of nitrogens with one attached hydrogen (secondary N) is 1. The first-order chi connectivity index (χ1) is 9.35. The zero-order valence-corrected chi connectivity index (χ0v) is 11.6. The van der Waals surface area contributed by atoms with Crippen molar-refractivity contribution in [2.24, 2.45) is 0 Å². The molecule has 2 rings (SSSR count). The van der Waals surface area contributed by atoms with Gasteiger partial charge in [0, 0.05) is 11.3 Å². The zero-order valence-electron chi connectivity index (χ0n) is 11.6. The lowest BCUT2D eigenvalue weighted by Crippen LogP contribution is -2.27. The van der Waals surface area contributed by atoms with Crippen LogP contribution in [-0.2, 0) is 4.74 Å². The van der Waals surface area contributed by atoms with E-state index < -0.39 is 11.7 Å². The Hall–Kier alpha value is -2.50. The number of nitrogens with two attached hydrogens (primary N) is 1. The number of hydrogen-bond donors (Lipinski definition) is 2. The molecule has 0 saturated heterocycles. The first kappa shape index (κ1) is 13.9. The molecule has 0 unspecified atom stereocenters. The number of benzene rings is 1. The van der Waals surface area contributed by atoms with E-state index >= 15 is 0 Å². The van der Waals surface area contributed by atoms with Gasteiger partial charge in [0.25, 0.3) is 0 Å². The van der Waals surface area contributed by atoms with Crippen molar-refractivity contribution in [1.82, 2.24) is 5.16 Å². The minimum atomic E-state index is -0.529. The summed E-state index contributed by atoms with van der Waals surface area (Å²) in [6.45, 7) is 5.42. The van der Waals surface area contributed by atoms with Crippen molar-refractivity contribution >= 4 is 17.5 Å². The van der Waals surface area contributed by atoms with Crippen molar-refractivity contribution in [3.05, 3.63) is 30.5 Å². The molecule has 6 heteroatoms. The van der Waals surface area contributed by atoms with Crippen LogP contribution >= 0.6 is 0 Å². The maximum Gasteiger partial charge on any atom is 0.412 e. The second-order valence-corrected chi connectivity index (χ2v) is 5.31. The largest absolute Gasteiger partial charge is 0.444 e. The van der Waals surface area contributed by atoms with Crippen molar-refractivity contribution in [2.45, 2.75) is 26.4 Å². The van der Waals surface area contributed by atoms with E-state index in [1.165, 1.54) is 6.20 Å². The SMILES string of the molecule is CC(C)(C)OC(=O)Nc1ccc(-c2oncc2N)cc1. The highest BCUT2D eigenvalue weighted by Gasteiger charge is 2.16. The smallest absolute Gasteiger partial charge is 0.412 e. The summed E-state index contributed by atoms with van der Waals surface area (Å²) in [4.78, 5) is 11.6. The summed E-state index contributed by atoms with van der Waals surface area (Å²) in [5, 5.41) is 6.27. The molecule has 0 bridgehead atoms. The molecule has 0 aliphatic heterocycles. The predicted octanol–water partition coefficient (Wildman–Crippen LogP) is 3.27. The van der Waals surface area contributed by atoms with Crippen LogP contribution in [0.5, 0.6) is 0 Å². The third-order valence-electron chi connectivity index (χ3n) is 2.39. The highest BCUT2D eigenvalue weighted by Crippen LogP contribution is 2.26. The van der Waals surface area contributed by atoms with Crippen LogP contribution in [0.15, 0.2) is 35.0 Å². The lowest BCUT2D eigenvalue weighted by molar-refractivity contribution is 0.0636. The molecule has 0 fully saturated rings. The summed E-state index contributed by atoms with van der Waals surface area (Å²) < 4.78 is 10.2. The molecular formula is C14H17N3O3. The van der Waals surface area contributed by atoms with Crippen LogP contribution in [0, 0.1) is 0 Å². The quantitative estimate of drug-likeness (QED) is 0.877. The van der Waals surface area contributed by atoms with E-state index in [0.717, 1.165) is 5.56 Å². The average Bonchev–Trinajstić information content (AvgIpc) is 2.74. The van der Waals surface area contributed by atoms with Crippen LogP contribution in [0.3, 0.4) is 0 Å². The maximum atomic E-state index is 11.6. The Bertz CT molecular complexity index is 597. The molecular weight excluding hydrogens is 258 g/mol. The Morgan fingerprint density at radius 2 is 1.95 bits per heavy atom. The van der Waals surface area contributed by atoms with E-state index in [9.17, 15) is 4.79 Å². The van der Waals surface area contributed by atoms with Gasteiger partial charge in [-0.2, -0.15) is 0 Å². The van der Waals surface area contributed by atoms with Crippen molar-refractivity contribution < 1.29 is 14.1 Å².